The average molecular weight is 328 g/mol. The zero-order valence-electron chi connectivity index (χ0n) is 13.7. The maximum atomic E-state index is 12.9. The van der Waals surface area contributed by atoms with Gasteiger partial charge in [-0.15, -0.1) is 0 Å². The molecule has 0 amide bonds. The van der Waals surface area contributed by atoms with Crippen LogP contribution in [0.2, 0.25) is 0 Å². The second-order valence-electron chi connectivity index (χ2n) is 5.70. The highest BCUT2D eigenvalue weighted by Crippen LogP contribution is 2.18. The van der Waals surface area contributed by atoms with Gasteiger partial charge >= 0.3 is 0 Å². The summed E-state index contributed by atoms with van der Waals surface area (Å²) in [5, 5.41) is 22.3. The van der Waals surface area contributed by atoms with E-state index in [9.17, 15) is 9.50 Å². The van der Waals surface area contributed by atoms with Crippen LogP contribution in [0.1, 0.15) is 31.1 Å². The van der Waals surface area contributed by atoms with Gasteiger partial charge in [-0.05, 0) is 49.2 Å². The lowest BCUT2D eigenvalue weighted by atomic mass is 10.0. The Morgan fingerprint density at radius 3 is 2.33 bits per heavy atom. The van der Waals surface area contributed by atoms with Crippen molar-refractivity contribution in [1.82, 2.24) is 5.32 Å². The third-order valence-electron chi connectivity index (χ3n) is 3.73. The highest BCUT2D eigenvalue weighted by molar-refractivity contribution is 5.28. The van der Waals surface area contributed by atoms with Gasteiger partial charge in [0.2, 0.25) is 0 Å². The van der Waals surface area contributed by atoms with E-state index in [2.05, 4.69) is 5.32 Å². The minimum Gasteiger partial charge on any atom is -0.476 e. The van der Waals surface area contributed by atoms with Crippen LogP contribution >= 0.6 is 0 Å². The van der Waals surface area contributed by atoms with Gasteiger partial charge in [0.05, 0.1) is 6.10 Å². The first-order valence-corrected chi connectivity index (χ1v) is 7.81. The topological polar surface area (TPSA) is 65.3 Å². The predicted molar refractivity (Wildman–Crippen MR) is 89.8 cm³/mol. The van der Waals surface area contributed by atoms with Crippen molar-refractivity contribution in [2.45, 2.75) is 38.6 Å². The van der Waals surface area contributed by atoms with Gasteiger partial charge in [0, 0.05) is 12.6 Å². The number of nitrogens with one attached hydrogen (secondary N) is 1. The molecule has 4 nitrogen and oxygen atoms in total. The van der Waals surface area contributed by atoms with Gasteiger partial charge < -0.3 is 15.2 Å². The predicted octanol–water partition coefficient (Wildman–Crippen LogP) is 3.33. The minimum atomic E-state index is -0.718. The Morgan fingerprint density at radius 2 is 1.75 bits per heavy atom. The van der Waals surface area contributed by atoms with Crippen LogP contribution < -0.4 is 10.1 Å². The fourth-order valence-electron chi connectivity index (χ4n) is 2.26. The molecule has 0 aliphatic carbocycles. The fourth-order valence-corrected chi connectivity index (χ4v) is 2.26. The van der Waals surface area contributed by atoms with Crippen molar-refractivity contribution in [2.24, 2.45) is 0 Å². The molecule has 2 N–H and O–H groups in total. The standard InChI is InChI=1S/C19H21FN2O2/c1-13(11-21)24-18-9-3-15(4-10-18)12-22-14(2)19(23)16-5-7-17(20)8-6-16/h3-10,13-14,19,22-23H,12H2,1-2H3. The molecule has 2 aromatic rings. The summed E-state index contributed by atoms with van der Waals surface area (Å²) in [7, 11) is 0. The van der Waals surface area contributed by atoms with Crippen LogP contribution in [0.5, 0.6) is 5.75 Å². The Kier molecular flexibility index (Phi) is 6.30. The number of nitriles is 1. The molecule has 0 spiro atoms. The van der Waals surface area contributed by atoms with Crippen LogP contribution in [0.15, 0.2) is 48.5 Å². The van der Waals surface area contributed by atoms with E-state index in [0.717, 1.165) is 5.56 Å². The second kappa shape index (κ2) is 8.44. The number of aliphatic hydroxyl groups excluding tert-OH is 1. The monoisotopic (exact) mass is 328 g/mol. The van der Waals surface area contributed by atoms with Gasteiger partial charge in [-0.1, -0.05) is 24.3 Å². The maximum Gasteiger partial charge on any atom is 0.181 e. The van der Waals surface area contributed by atoms with Gasteiger partial charge in [-0.3, -0.25) is 0 Å². The molecule has 2 rings (SSSR count). The molecule has 0 radical (unpaired) electrons. The Bertz CT molecular complexity index is 680. The number of hydrogen-bond acceptors (Lipinski definition) is 4. The van der Waals surface area contributed by atoms with Crippen LogP contribution in [0.3, 0.4) is 0 Å². The molecular formula is C19H21FN2O2. The average Bonchev–Trinajstić information content (AvgIpc) is 2.60. The highest BCUT2D eigenvalue weighted by Gasteiger charge is 2.15. The first kappa shape index (κ1) is 17.9. The lowest BCUT2D eigenvalue weighted by molar-refractivity contribution is 0.135. The molecule has 3 atom stereocenters. The van der Waals surface area contributed by atoms with Crippen LogP contribution in [0.25, 0.3) is 0 Å². The summed E-state index contributed by atoms with van der Waals surface area (Å²) in [5.41, 5.74) is 1.70. The number of ether oxygens (including phenoxy) is 1. The molecule has 0 aromatic heterocycles. The summed E-state index contributed by atoms with van der Waals surface area (Å²) in [5.74, 6) is 0.326. The summed E-state index contributed by atoms with van der Waals surface area (Å²) >= 11 is 0. The zero-order chi connectivity index (χ0) is 17.5. The molecule has 0 saturated heterocycles. The van der Waals surface area contributed by atoms with E-state index < -0.39 is 12.2 Å². The van der Waals surface area contributed by atoms with Gasteiger partial charge in [-0.2, -0.15) is 5.26 Å². The summed E-state index contributed by atoms with van der Waals surface area (Å²) in [6, 6.07) is 15.1. The first-order valence-electron chi connectivity index (χ1n) is 7.81. The van der Waals surface area contributed by atoms with Crippen molar-refractivity contribution in [3.05, 3.63) is 65.5 Å². The summed E-state index contributed by atoms with van der Waals surface area (Å²) < 4.78 is 18.3. The molecule has 0 bridgehead atoms. The Morgan fingerprint density at radius 1 is 1.12 bits per heavy atom. The van der Waals surface area contributed by atoms with E-state index in [4.69, 9.17) is 10.00 Å². The van der Waals surface area contributed by atoms with E-state index in [1.807, 2.05) is 37.3 Å². The van der Waals surface area contributed by atoms with E-state index in [-0.39, 0.29) is 11.9 Å². The lowest BCUT2D eigenvalue weighted by Crippen LogP contribution is -2.31. The number of aliphatic hydroxyl groups is 1. The normalized spacial score (nSPS) is 14.5. The smallest absolute Gasteiger partial charge is 0.181 e. The summed E-state index contributed by atoms with van der Waals surface area (Å²) in [6.07, 6.45) is -1.20. The Labute approximate surface area is 141 Å². The van der Waals surface area contributed by atoms with Gasteiger partial charge in [0.15, 0.2) is 6.10 Å². The minimum absolute atomic E-state index is 0.190. The van der Waals surface area contributed by atoms with E-state index >= 15 is 0 Å². The van der Waals surface area contributed by atoms with Crippen molar-refractivity contribution in [3.63, 3.8) is 0 Å². The third kappa shape index (κ3) is 5.05. The maximum absolute atomic E-state index is 12.9. The Hall–Kier alpha value is -2.42. The molecule has 0 fully saturated rings. The fraction of sp³-hybridized carbons (Fsp3) is 0.316. The number of nitrogens with zero attached hydrogens (tertiary/aromatic N) is 1. The van der Waals surface area contributed by atoms with E-state index in [0.29, 0.717) is 17.9 Å². The second-order valence-corrected chi connectivity index (χ2v) is 5.70. The van der Waals surface area contributed by atoms with E-state index in [1.54, 1.807) is 19.1 Å². The van der Waals surface area contributed by atoms with E-state index in [1.165, 1.54) is 12.1 Å². The molecule has 5 heteroatoms. The molecule has 0 heterocycles. The zero-order valence-corrected chi connectivity index (χ0v) is 13.7. The van der Waals surface area contributed by atoms with Crippen molar-refractivity contribution in [1.29, 1.82) is 5.26 Å². The molecule has 0 aliphatic heterocycles. The van der Waals surface area contributed by atoms with Crippen LogP contribution in [0, 0.1) is 17.1 Å². The SMILES string of the molecule is CC(C#N)Oc1ccc(CNC(C)C(O)c2ccc(F)cc2)cc1. The number of halogens is 1. The number of rotatable bonds is 7. The molecule has 2 aromatic carbocycles. The van der Waals surface area contributed by atoms with Crippen LogP contribution in [-0.2, 0) is 6.54 Å². The van der Waals surface area contributed by atoms with Gasteiger partial charge in [0.1, 0.15) is 17.6 Å². The molecule has 0 saturated carbocycles. The highest BCUT2D eigenvalue weighted by atomic mass is 19.1. The molecule has 0 aliphatic rings. The largest absolute Gasteiger partial charge is 0.476 e. The van der Waals surface area contributed by atoms with Gasteiger partial charge in [0.25, 0.3) is 0 Å². The molecule has 126 valence electrons. The molecule has 3 unspecified atom stereocenters. The third-order valence-corrected chi connectivity index (χ3v) is 3.73. The number of hydrogen-bond donors (Lipinski definition) is 2. The van der Waals surface area contributed by atoms with Crippen molar-refractivity contribution in [2.75, 3.05) is 0 Å². The van der Waals surface area contributed by atoms with Gasteiger partial charge in [-0.25, -0.2) is 4.39 Å². The van der Waals surface area contributed by atoms with Crippen LogP contribution in [-0.4, -0.2) is 17.3 Å². The summed E-state index contributed by atoms with van der Waals surface area (Å²) in [6.45, 7) is 4.14. The van der Waals surface area contributed by atoms with Crippen molar-refractivity contribution >= 4 is 0 Å². The lowest BCUT2D eigenvalue weighted by Gasteiger charge is -2.21. The Balaban J connectivity index is 1.88. The van der Waals surface area contributed by atoms with Crippen molar-refractivity contribution < 1.29 is 14.2 Å². The first-order chi connectivity index (χ1) is 11.5. The molecule has 24 heavy (non-hydrogen) atoms. The van der Waals surface area contributed by atoms with Crippen LogP contribution in [0.4, 0.5) is 4.39 Å². The summed E-state index contributed by atoms with van der Waals surface area (Å²) in [4.78, 5) is 0. The molecular weight excluding hydrogens is 307 g/mol. The van der Waals surface area contributed by atoms with Crippen molar-refractivity contribution in [3.8, 4) is 11.8 Å². The quantitative estimate of drug-likeness (QED) is 0.818. The number of benzene rings is 2.